The number of nitrogens with one attached hydrogen (secondary N) is 3. The van der Waals surface area contributed by atoms with Gasteiger partial charge in [-0.3, -0.25) is 19.8 Å². The molecule has 10 heteroatoms. The quantitative estimate of drug-likeness (QED) is 0.193. The van der Waals surface area contributed by atoms with Crippen molar-refractivity contribution < 1.29 is 27.9 Å². The molecule has 0 aliphatic carbocycles. The van der Waals surface area contributed by atoms with E-state index in [4.69, 9.17) is 15.9 Å². The van der Waals surface area contributed by atoms with E-state index in [1.807, 2.05) is 0 Å². The Hall–Kier alpha value is -3.82. The fourth-order valence-electron chi connectivity index (χ4n) is 2.69. The van der Waals surface area contributed by atoms with Gasteiger partial charge in [0.2, 0.25) is 11.8 Å². The fraction of sp³-hybridized carbons (Fsp3) is 0.273. The van der Waals surface area contributed by atoms with Gasteiger partial charge in [-0.2, -0.15) is 0 Å². The summed E-state index contributed by atoms with van der Waals surface area (Å²) >= 11 is 0. The number of amidine groups is 1. The largest absolute Gasteiger partial charge is 0.426 e. The number of rotatable bonds is 10. The number of hydrogen-bond donors (Lipinski definition) is 4. The van der Waals surface area contributed by atoms with Crippen LogP contribution in [-0.2, 0) is 14.4 Å². The van der Waals surface area contributed by atoms with Crippen LogP contribution in [0.4, 0.5) is 14.5 Å². The van der Waals surface area contributed by atoms with Gasteiger partial charge in [-0.05, 0) is 30.7 Å². The second-order valence-electron chi connectivity index (χ2n) is 6.97. The maximum absolute atomic E-state index is 13.2. The van der Waals surface area contributed by atoms with E-state index in [-0.39, 0.29) is 36.9 Å². The van der Waals surface area contributed by atoms with Crippen LogP contribution in [0.1, 0.15) is 31.7 Å². The third-order valence-electron chi connectivity index (χ3n) is 4.49. The van der Waals surface area contributed by atoms with Gasteiger partial charge in [0.15, 0.2) is 0 Å². The molecule has 0 aromatic heterocycles. The van der Waals surface area contributed by atoms with E-state index in [2.05, 4.69) is 10.6 Å². The van der Waals surface area contributed by atoms with Gasteiger partial charge in [-0.1, -0.05) is 6.92 Å². The molecule has 0 saturated carbocycles. The van der Waals surface area contributed by atoms with Crippen molar-refractivity contribution in [2.45, 2.75) is 26.2 Å². The highest BCUT2D eigenvalue weighted by atomic mass is 19.1. The zero-order valence-corrected chi connectivity index (χ0v) is 17.4. The van der Waals surface area contributed by atoms with Crippen molar-refractivity contribution in [3.63, 3.8) is 0 Å². The molecule has 0 aliphatic rings. The molecule has 0 bridgehead atoms. The number of amides is 2. The molecule has 0 spiro atoms. The SMILES string of the molecule is CCC(CNC(=O)CCC(=O)Nc1ccc(C(=N)N)cc1)C(=O)Oc1cc(F)cc(F)c1. The lowest BCUT2D eigenvalue weighted by Gasteiger charge is -2.15. The number of nitrogens with two attached hydrogens (primary N) is 1. The average molecular weight is 446 g/mol. The van der Waals surface area contributed by atoms with Gasteiger partial charge in [-0.15, -0.1) is 0 Å². The molecule has 170 valence electrons. The van der Waals surface area contributed by atoms with Gasteiger partial charge in [0, 0.05) is 48.8 Å². The van der Waals surface area contributed by atoms with Crippen LogP contribution in [0.3, 0.4) is 0 Å². The minimum atomic E-state index is -0.873. The molecule has 0 radical (unpaired) electrons. The molecule has 2 aromatic carbocycles. The van der Waals surface area contributed by atoms with E-state index in [0.29, 0.717) is 23.7 Å². The van der Waals surface area contributed by atoms with Crippen molar-refractivity contribution in [3.05, 3.63) is 59.7 Å². The van der Waals surface area contributed by atoms with E-state index >= 15 is 0 Å². The minimum Gasteiger partial charge on any atom is -0.426 e. The standard InChI is InChI=1S/C22H24F2N4O4/c1-2-13(22(31)32-18-10-15(23)9-16(24)11-18)12-27-19(29)7-8-20(30)28-17-5-3-14(4-6-17)21(25)26/h3-6,9-11,13H,2,7-8,12H2,1H3,(H3,25,26)(H,27,29)(H,28,30). The molecule has 2 aromatic rings. The Morgan fingerprint density at radius 3 is 2.19 bits per heavy atom. The van der Waals surface area contributed by atoms with Crippen molar-refractivity contribution in [1.29, 1.82) is 5.41 Å². The Kier molecular flexibility index (Phi) is 8.82. The molecule has 0 heterocycles. The first-order valence-electron chi connectivity index (χ1n) is 9.86. The maximum Gasteiger partial charge on any atom is 0.316 e. The Balaban J connectivity index is 1.77. The Morgan fingerprint density at radius 2 is 1.62 bits per heavy atom. The first-order valence-corrected chi connectivity index (χ1v) is 9.86. The van der Waals surface area contributed by atoms with Crippen LogP contribution in [-0.4, -0.2) is 30.2 Å². The zero-order chi connectivity index (χ0) is 23.7. The first-order chi connectivity index (χ1) is 15.2. The van der Waals surface area contributed by atoms with Gasteiger partial charge in [-0.25, -0.2) is 8.78 Å². The van der Waals surface area contributed by atoms with Crippen molar-refractivity contribution in [2.24, 2.45) is 11.7 Å². The van der Waals surface area contributed by atoms with Crippen molar-refractivity contribution in [2.75, 3.05) is 11.9 Å². The van der Waals surface area contributed by atoms with Crippen molar-refractivity contribution >= 4 is 29.3 Å². The summed E-state index contributed by atoms with van der Waals surface area (Å²) in [4.78, 5) is 36.2. The number of esters is 1. The van der Waals surface area contributed by atoms with Crippen LogP contribution in [0.2, 0.25) is 0 Å². The molecule has 5 N–H and O–H groups in total. The highest BCUT2D eigenvalue weighted by Crippen LogP contribution is 2.17. The number of carbonyl (C=O) groups is 3. The van der Waals surface area contributed by atoms with Gasteiger partial charge >= 0.3 is 5.97 Å². The number of benzene rings is 2. The minimum absolute atomic E-state index is 0.0416. The third kappa shape index (κ3) is 7.78. The first kappa shape index (κ1) is 24.4. The molecule has 2 amide bonds. The van der Waals surface area contributed by atoms with Crippen molar-refractivity contribution in [1.82, 2.24) is 5.32 Å². The summed E-state index contributed by atoms with van der Waals surface area (Å²) in [6.45, 7) is 1.66. The number of hydrogen-bond acceptors (Lipinski definition) is 5. The molecular formula is C22H24F2N4O4. The molecule has 0 aliphatic heterocycles. The highest BCUT2D eigenvalue weighted by Gasteiger charge is 2.20. The average Bonchev–Trinajstić information content (AvgIpc) is 2.72. The summed E-state index contributed by atoms with van der Waals surface area (Å²) in [5.74, 6) is -4.36. The molecule has 2 rings (SSSR count). The molecule has 0 fully saturated rings. The zero-order valence-electron chi connectivity index (χ0n) is 17.4. The molecular weight excluding hydrogens is 422 g/mol. The van der Waals surface area contributed by atoms with Crippen LogP contribution in [0.15, 0.2) is 42.5 Å². The maximum atomic E-state index is 13.2. The van der Waals surface area contributed by atoms with E-state index in [9.17, 15) is 23.2 Å². The van der Waals surface area contributed by atoms with E-state index < -0.39 is 29.4 Å². The molecule has 1 atom stereocenters. The van der Waals surface area contributed by atoms with Gasteiger partial charge in [0.25, 0.3) is 0 Å². The van der Waals surface area contributed by atoms with E-state index in [0.717, 1.165) is 12.1 Å². The predicted molar refractivity (Wildman–Crippen MR) is 114 cm³/mol. The summed E-state index contributed by atoms with van der Waals surface area (Å²) in [5, 5.41) is 12.5. The lowest BCUT2D eigenvalue weighted by molar-refractivity contribution is -0.139. The summed E-state index contributed by atoms with van der Waals surface area (Å²) in [5.41, 5.74) is 6.39. The summed E-state index contributed by atoms with van der Waals surface area (Å²) < 4.78 is 31.4. The van der Waals surface area contributed by atoms with E-state index in [1.165, 1.54) is 0 Å². The number of halogens is 2. The van der Waals surface area contributed by atoms with Gasteiger partial charge in [0.1, 0.15) is 23.2 Å². The smallest absolute Gasteiger partial charge is 0.316 e. The van der Waals surface area contributed by atoms with Crippen LogP contribution < -0.4 is 21.1 Å². The number of nitrogen functional groups attached to an aromatic ring is 1. The van der Waals surface area contributed by atoms with Gasteiger partial charge < -0.3 is 21.1 Å². The number of anilines is 1. The molecule has 0 saturated heterocycles. The Labute approximate surface area is 183 Å². The summed E-state index contributed by atoms with van der Waals surface area (Å²) in [6, 6.07) is 8.80. The number of ether oxygens (including phenoxy) is 1. The normalized spacial score (nSPS) is 11.3. The van der Waals surface area contributed by atoms with E-state index in [1.54, 1.807) is 31.2 Å². The second kappa shape index (κ2) is 11.5. The molecule has 8 nitrogen and oxygen atoms in total. The van der Waals surface area contributed by atoms with Gasteiger partial charge in [0.05, 0.1) is 5.92 Å². The van der Waals surface area contributed by atoms with Crippen LogP contribution in [0.5, 0.6) is 5.75 Å². The summed E-state index contributed by atoms with van der Waals surface area (Å²) in [6.07, 6.45) is 0.149. The monoisotopic (exact) mass is 446 g/mol. The number of carbonyl (C=O) groups excluding carboxylic acids is 3. The second-order valence-corrected chi connectivity index (χ2v) is 6.97. The Bertz CT molecular complexity index is 976. The lowest BCUT2D eigenvalue weighted by Crippen LogP contribution is -2.35. The highest BCUT2D eigenvalue weighted by molar-refractivity contribution is 5.96. The van der Waals surface area contributed by atoms with Crippen LogP contribution in [0, 0.1) is 23.0 Å². The topological polar surface area (TPSA) is 134 Å². The van der Waals surface area contributed by atoms with Crippen LogP contribution in [0.25, 0.3) is 0 Å². The fourth-order valence-corrected chi connectivity index (χ4v) is 2.69. The third-order valence-corrected chi connectivity index (χ3v) is 4.49. The van der Waals surface area contributed by atoms with Crippen molar-refractivity contribution in [3.8, 4) is 5.75 Å². The predicted octanol–water partition coefficient (Wildman–Crippen LogP) is 2.72. The molecule has 1 unspecified atom stereocenters. The van der Waals surface area contributed by atoms with Crippen LogP contribution >= 0.6 is 0 Å². The summed E-state index contributed by atoms with van der Waals surface area (Å²) in [7, 11) is 0. The lowest BCUT2D eigenvalue weighted by atomic mass is 10.1. The Morgan fingerprint density at radius 1 is 1.03 bits per heavy atom. The molecule has 32 heavy (non-hydrogen) atoms.